The van der Waals surface area contributed by atoms with Crippen LogP contribution in [-0.4, -0.2) is 41.5 Å². The van der Waals surface area contributed by atoms with Gasteiger partial charge in [0.15, 0.2) is 0 Å². The zero-order valence-electron chi connectivity index (χ0n) is 12.5. The number of thiazole rings is 1. The molecule has 3 aromatic rings. The lowest BCUT2D eigenvalue weighted by Crippen LogP contribution is -2.19. The number of nitrogens with zero attached hydrogens (tertiary/aromatic N) is 2. The third kappa shape index (κ3) is 3.57. The van der Waals surface area contributed by atoms with Crippen LogP contribution < -0.4 is 10.1 Å². The first-order chi connectivity index (χ1) is 11.2. The molecule has 0 bridgehead atoms. The summed E-state index contributed by atoms with van der Waals surface area (Å²) in [5, 5.41) is 13.1. The lowest BCUT2D eigenvalue weighted by atomic mass is 10.3. The molecule has 2 aromatic heterocycles. The standard InChI is InChI=1S/C16H16FN3O2S/c1-18-15-5-2-10(8-19-15)16-20-13-4-3-12(6-14(13)23-16)22-9-11(21)7-17/h2-6,8,11,21H,7,9H2,1H3,(H,18,19)/t11-/m0/s1/i17+0. The molecule has 0 aliphatic carbocycles. The van der Waals surface area contributed by atoms with Crippen LogP contribution in [0.5, 0.6) is 5.75 Å². The number of anilines is 1. The first-order valence-corrected chi connectivity index (χ1v) is 7.93. The number of hydrogen-bond acceptors (Lipinski definition) is 6. The quantitative estimate of drug-likeness (QED) is 0.725. The predicted molar refractivity (Wildman–Crippen MR) is 89.9 cm³/mol. The van der Waals surface area contributed by atoms with Gasteiger partial charge in [0.05, 0.1) is 10.2 Å². The molecule has 2 heterocycles. The highest BCUT2D eigenvalue weighted by Crippen LogP contribution is 2.32. The van der Waals surface area contributed by atoms with E-state index in [0.717, 1.165) is 26.6 Å². The number of benzene rings is 1. The van der Waals surface area contributed by atoms with Gasteiger partial charge in [-0.05, 0) is 30.3 Å². The van der Waals surface area contributed by atoms with Crippen molar-refractivity contribution < 1.29 is 14.2 Å². The zero-order chi connectivity index (χ0) is 16.2. The van der Waals surface area contributed by atoms with Crippen LogP contribution in [-0.2, 0) is 0 Å². The van der Waals surface area contributed by atoms with Crippen LogP contribution in [0.15, 0.2) is 36.5 Å². The smallest absolute Gasteiger partial charge is 0.126 e. The Balaban J connectivity index is 1.83. The second kappa shape index (κ2) is 6.89. The van der Waals surface area contributed by atoms with E-state index < -0.39 is 12.8 Å². The molecule has 23 heavy (non-hydrogen) atoms. The molecule has 0 saturated carbocycles. The Hall–Kier alpha value is -2.25. The number of halogens is 1. The summed E-state index contributed by atoms with van der Waals surface area (Å²) in [5.41, 5.74) is 1.81. The van der Waals surface area contributed by atoms with E-state index in [4.69, 9.17) is 4.74 Å². The number of nitrogens with one attached hydrogen (secondary N) is 1. The molecule has 0 radical (unpaired) electrons. The molecule has 0 fully saturated rings. The number of aliphatic hydroxyl groups excluding tert-OH is 1. The highest BCUT2D eigenvalue weighted by atomic mass is 32.1. The Morgan fingerprint density at radius 1 is 1.35 bits per heavy atom. The van der Waals surface area contributed by atoms with Gasteiger partial charge < -0.3 is 15.2 Å². The topological polar surface area (TPSA) is 67.3 Å². The van der Waals surface area contributed by atoms with Crippen molar-refractivity contribution in [3.05, 3.63) is 36.5 Å². The first kappa shape index (κ1) is 15.6. The van der Waals surface area contributed by atoms with Crippen LogP contribution >= 0.6 is 11.3 Å². The van der Waals surface area contributed by atoms with Crippen molar-refractivity contribution in [2.75, 3.05) is 25.6 Å². The van der Waals surface area contributed by atoms with E-state index >= 15 is 0 Å². The largest absolute Gasteiger partial charge is 0.491 e. The molecule has 5 nitrogen and oxygen atoms in total. The van der Waals surface area contributed by atoms with Gasteiger partial charge in [0, 0.05) is 18.8 Å². The molecular formula is C16H16FN3O2S. The fraction of sp³-hybridized carbons (Fsp3) is 0.250. The molecule has 2 N–H and O–H groups in total. The zero-order valence-corrected chi connectivity index (χ0v) is 13.3. The second-order valence-corrected chi connectivity index (χ2v) is 5.98. The lowest BCUT2D eigenvalue weighted by Gasteiger charge is -2.08. The van der Waals surface area contributed by atoms with Crippen LogP contribution in [0.1, 0.15) is 0 Å². The highest BCUT2D eigenvalue weighted by molar-refractivity contribution is 7.21. The minimum Gasteiger partial charge on any atom is -0.491 e. The Labute approximate surface area is 136 Å². The minimum absolute atomic E-state index is 0.0664. The number of alkyl halides is 1. The second-order valence-electron chi connectivity index (χ2n) is 4.95. The van der Waals surface area contributed by atoms with Crippen molar-refractivity contribution >= 4 is 27.4 Å². The average molecular weight is 333 g/mol. The summed E-state index contributed by atoms with van der Waals surface area (Å²) in [6.07, 6.45) is 0.679. The Morgan fingerprint density at radius 3 is 2.91 bits per heavy atom. The maximum absolute atomic E-state index is 12.2. The Morgan fingerprint density at radius 2 is 2.22 bits per heavy atom. The van der Waals surface area contributed by atoms with E-state index in [9.17, 15) is 9.50 Å². The summed E-state index contributed by atoms with van der Waals surface area (Å²) in [6.45, 7) is -0.883. The molecule has 0 aliphatic rings. The van der Waals surface area contributed by atoms with Crippen LogP contribution in [0.2, 0.25) is 0 Å². The van der Waals surface area contributed by atoms with Crippen molar-refractivity contribution in [3.8, 4) is 16.3 Å². The van der Waals surface area contributed by atoms with Crippen molar-refractivity contribution in [2.45, 2.75) is 6.10 Å². The highest BCUT2D eigenvalue weighted by Gasteiger charge is 2.09. The van der Waals surface area contributed by atoms with Crippen molar-refractivity contribution in [2.24, 2.45) is 0 Å². The lowest BCUT2D eigenvalue weighted by molar-refractivity contribution is 0.0842. The summed E-state index contributed by atoms with van der Waals surface area (Å²) >= 11 is 1.53. The molecule has 1 aromatic carbocycles. The summed E-state index contributed by atoms with van der Waals surface area (Å²) in [5.74, 6) is 1.39. The Bertz CT molecular complexity index is 792. The molecule has 1 atom stereocenters. The monoisotopic (exact) mass is 333 g/mol. The number of pyridine rings is 1. The van der Waals surface area contributed by atoms with Crippen LogP contribution in [0, 0.1) is 0 Å². The van der Waals surface area contributed by atoms with Gasteiger partial charge in [0.2, 0.25) is 0 Å². The molecule has 120 valence electrons. The van der Waals surface area contributed by atoms with Gasteiger partial charge in [-0.2, -0.15) is 0 Å². The number of aromatic nitrogens is 2. The third-order valence-corrected chi connectivity index (χ3v) is 4.31. The summed E-state index contributed by atoms with van der Waals surface area (Å²) in [4.78, 5) is 8.87. The van der Waals surface area contributed by atoms with Crippen LogP contribution in [0.25, 0.3) is 20.8 Å². The predicted octanol–water partition coefficient (Wildman–Crippen LogP) is 3.11. The van der Waals surface area contributed by atoms with E-state index in [1.807, 2.05) is 31.3 Å². The maximum atomic E-state index is 12.2. The van der Waals surface area contributed by atoms with Gasteiger partial charge in [-0.15, -0.1) is 11.3 Å². The number of rotatable bonds is 6. The molecule has 7 heteroatoms. The van der Waals surface area contributed by atoms with Gasteiger partial charge in [0.1, 0.15) is 36.0 Å². The molecule has 0 unspecified atom stereocenters. The van der Waals surface area contributed by atoms with Gasteiger partial charge in [-0.3, -0.25) is 0 Å². The van der Waals surface area contributed by atoms with E-state index in [2.05, 4.69) is 15.3 Å². The molecular weight excluding hydrogens is 317 g/mol. The Kier molecular flexibility index (Phi) is 4.68. The fourth-order valence-corrected chi connectivity index (χ4v) is 3.01. The SMILES string of the molecule is CNc1ccc(-c2nc3ccc(OC[C@@H](O)C[19F])cc3s2)cn1. The van der Waals surface area contributed by atoms with E-state index in [-0.39, 0.29) is 6.61 Å². The van der Waals surface area contributed by atoms with E-state index in [1.165, 1.54) is 11.3 Å². The number of fused-ring (bicyclic) bond motifs is 1. The van der Waals surface area contributed by atoms with Crippen molar-refractivity contribution in [3.63, 3.8) is 0 Å². The van der Waals surface area contributed by atoms with Gasteiger partial charge in [-0.1, -0.05) is 0 Å². The number of aliphatic hydroxyl groups is 1. The van der Waals surface area contributed by atoms with Crippen LogP contribution in [0.4, 0.5) is 10.2 Å². The average Bonchev–Trinajstić information content (AvgIpc) is 3.03. The maximum Gasteiger partial charge on any atom is 0.126 e. The number of ether oxygens (including phenoxy) is 1. The van der Waals surface area contributed by atoms with Crippen molar-refractivity contribution in [1.29, 1.82) is 0 Å². The molecule has 3 rings (SSSR count). The molecule has 0 spiro atoms. The van der Waals surface area contributed by atoms with Crippen molar-refractivity contribution in [1.82, 2.24) is 9.97 Å². The van der Waals surface area contributed by atoms with Crippen LogP contribution in [0.3, 0.4) is 0 Å². The van der Waals surface area contributed by atoms with Gasteiger partial charge in [0.25, 0.3) is 0 Å². The minimum atomic E-state index is -1.10. The number of hydrogen-bond donors (Lipinski definition) is 2. The normalized spacial score (nSPS) is 12.3. The van der Waals surface area contributed by atoms with E-state index in [1.54, 1.807) is 12.3 Å². The van der Waals surface area contributed by atoms with Gasteiger partial charge in [-0.25, -0.2) is 14.4 Å². The molecule has 0 aliphatic heterocycles. The van der Waals surface area contributed by atoms with E-state index in [0.29, 0.717) is 5.75 Å². The van der Waals surface area contributed by atoms with Gasteiger partial charge >= 0.3 is 0 Å². The first-order valence-electron chi connectivity index (χ1n) is 7.11. The fourth-order valence-electron chi connectivity index (χ4n) is 2.02. The summed E-state index contributed by atoms with van der Waals surface area (Å²) in [7, 11) is 1.82. The summed E-state index contributed by atoms with van der Waals surface area (Å²) in [6, 6.07) is 9.32. The third-order valence-electron chi connectivity index (χ3n) is 3.25. The molecule has 0 amide bonds. The molecule has 0 saturated heterocycles. The summed E-state index contributed by atoms with van der Waals surface area (Å²) < 4.78 is 18.6.